The minimum Gasteiger partial charge on any atom is -0.486 e. The van der Waals surface area contributed by atoms with Gasteiger partial charge in [0.15, 0.2) is 17.5 Å². The number of benzene rings is 2. The molecule has 164 valence electrons. The molecular formula is C17H14Cl2F5N3O3. The van der Waals surface area contributed by atoms with Gasteiger partial charge >= 0.3 is 12.1 Å². The Labute approximate surface area is 176 Å². The van der Waals surface area contributed by atoms with Crippen LogP contribution < -0.4 is 15.8 Å². The molecule has 0 bridgehead atoms. The summed E-state index contributed by atoms with van der Waals surface area (Å²) in [6.07, 6.45) is -5.08. The van der Waals surface area contributed by atoms with E-state index in [0.29, 0.717) is 15.6 Å². The Balaban J connectivity index is 0.000000553. The maximum absolute atomic E-state index is 14.3. The molecule has 6 nitrogen and oxygen atoms in total. The Kier molecular flexibility index (Phi) is 9.12. The zero-order valence-corrected chi connectivity index (χ0v) is 16.3. The fourth-order valence-corrected chi connectivity index (χ4v) is 2.22. The molecule has 5 N–H and O–H groups in total. The van der Waals surface area contributed by atoms with Crippen LogP contribution in [-0.2, 0) is 17.9 Å². The fraction of sp³-hybridized carbons (Fsp3) is 0.176. The molecule has 0 saturated heterocycles. The average molecular weight is 474 g/mol. The molecule has 0 radical (unpaired) electrons. The van der Waals surface area contributed by atoms with Gasteiger partial charge in [-0.25, -0.2) is 13.6 Å². The zero-order chi connectivity index (χ0) is 23.1. The van der Waals surface area contributed by atoms with E-state index in [9.17, 15) is 22.0 Å². The van der Waals surface area contributed by atoms with Gasteiger partial charge in [-0.1, -0.05) is 35.3 Å². The Morgan fingerprint density at radius 2 is 1.80 bits per heavy atom. The second-order valence-corrected chi connectivity index (χ2v) is 6.19. The van der Waals surface area contributed by atoms with E-state index in [1.807, 2.05) is 0 Å². The number of nitrogens with one attached hydrogen (secondary N) is 2. The number of halogens is 7. The van der Waals surface area contributed by atoms with E-state index in [2.05, 4.69) is 5.32 Å². The molecule has 0 heterocycles. The van der Waals surface area contributed by atoms with Crippen molar-refractivity contribution in [1.29, 1.82) is 5.41 Å². The van der Waals surface area contributed by atoms with Crippen LogP contribution in [-0.4, -0.2) is 23.2 Å². The van der Waals surface area contributed by atoms with Crippen LogP contribution in [0.4, 0.5) is 22.0 Å². The van der Waals surface area contributed by atoms with E-state index in [0.717, 1.165) is 6.07 Å². The van der Waals surface area contributed by atoms with Crippen LogP contribution in [0, 0.1) is 17.0 Å². The molecular weight excluding hydrogens is 460 g/mol. The Morgan fingerprint density at radius 1 is 1.20 bits per heavy atom. The number of guanidine groups is 1. The highest BCUT2D eigenvalue weighted by atomic mass is 35.5. The summed E-state index contributed by atoms with van der Waals surface area (Å²) in [6, 6.07) is 7.26. The Hall–Kier alpha value is -2.79. The van der Waals surface area contributed by atoms with Gasteiger partial charge in [-0.15, -0.1) is 0 Å². The topological polar surface area (TPSA) is 108 Å². The van der Waals surface area contributed by atoms with E-state index in [1.54, 1.807) is 18.2 Å². The molecule has 0 spiro atoms. The summed E-state index contributed by atoms with van der Waals surface area (Å²) in [5.74, 6) is -4.91. The highest BCUT2D eigenvalue weighted by Crippen LogP contribution is 2.28. The van der Waals surface area contributed by atoms with Crippen LogP contribution in [0.1, 0.15) is 11.1 Å². The van der Waals surface area contributed by atoms with Crippen LogP contribution in [0.2, 0.25) is 10.0 Å². The summed E-state index contributed by atoms with van der Waals surface area (Å²) in [6.45, 7) is -0.288. The normalized spacial score (nSPS) is 10.6. The third-order valence-electron chi connectivity index (χ3n) is 3.26. The molecule has 0 amide bonds. The van der Waals surface area contributed by atoms with Crippen LogP contribution in [0.5, 0.6) is 5.75 Å². The van der Waals surface area contributed by atoms with Gasteiger partial charge in [0.2, 0.25) is 0 Å². The summed E-state index contributed by atoms with van der Waals surface area (Å²) >= 11 is 11.9. The van der Waals surface area contributed by atoms with Crippen molar-refractivity contribution in [2.75, 3.05) is 0 Å². The number of carboxylic acids is 1. The molecule has 2 rings (SSSR count). The fourth-order valence-electron chi connectivity index (χ4n) is 1.85. The lowest BCUT2D eigenvalue weighted by Gasteiger charge is -2.13. The number of alkyl halides is 3. The standard InChI is InChI=1S/C15H13Cl2F2N3O.C2HF3O2/c16-10-3-1-2-8(13(10)17)7-23-12-5-4-11(18)9(14(12)19)6-22-15(20)21;3-2(4,5)1(6)7/h1-5H,6-7H2,(H4,20,21,22);(H,6,7). The summed E-state index contributed by atoms with van der Waals surface area (Å²) in [7, 11) is 0. The first kappa shape index (κ1) is 25.2. The summed E-state index contributed by atoms with van der Waals surface area (Å²) in [5, 5.41) is 17.2. The average Bonchev–Trinajstić information content (AvgIpc) is 2.63. The summed E-state index contributed by atoms with van der Waals surface area (Å²) < 4.78 is 65.1. The second kappa shape index (κ2) is 10.8. The van der Waals surface area contributed by atoms with Gasteiger partial charge in [-0.2, -0.15) is 13.2 Å². The largest absolute Gasteiger partial charge is 0.490 e. The number of rotatable bonds is 5. The predicted molar refractivity (Wildman–Crippen MR) is 99.6 cm³/mol. The molecule has 0 aliphatic rings. The number of carboxylic acid groups (broad SMARTS) is 1. The third kappa shape index (κ3) is 7.56. The van der Waals surface area contributed by atoms with Crippen LogP contribution in [0.25, 0.3) is 0 Å². The van der Waals surface area contributed by atoms with Crippen molar-refractivity contribution >= 4 is 35.1 Å². The Bertz CT molecular complexity index is 926. The number of carbonyl (C=O) groups is 1. The zero-order valence-electron chi connectivity index (χ0n) is 14.8. The maximum atomic E-state index is 14.3. The third-order valence-corrected chi connectivity index (χ3v) is 4.12. The molecule has 2 aromatic rings. The monoisotopic (exact) mass is 473 g/mol. The molecule has 0 atom stereocenters. The van der Waals surface area contributed by atoms with E-state index < -0.39 is 23.8 Å². The van der Waals surface area contributed by atoms with Gasteiger partial charge < -0.3 is 20.9 Å². The number of aliphatic carboxylic acids is 1. The molecule has 0 aliphatic heterocycles. The van der Waals surface area contributed by atoms with Crippen molar-refractivity contribution in [2.45, 2.75) is 19.3 Å². The molecule has 2 aromatic carbocycles. The first-order valence-electron chi connectivity index (χ1n) is 7.75. The Morgan fingerprint density at radius 3 is 2.33 bits per heavy atom. The van der Waals surface area contributed by atoms with Crippen molar-refractivity contribution in [1.82, 2.24) is 5.32 Å². The van der Waals surface area contributed by atoms with Crippen molar-refractivity contribution in [3.8, 4) is 5.75 Å². The highest BCUT2D eigenvalue weighted by molar-refractivity contribution is 6.42. The van der Waals surface area contributed by atoms with Gasteiger partial charge in [0, 0.05) is 17.7 Å². The van der Waals surface area contributed by atoms with Gasteiger partial charge in [0.25, 0.3) is 0 Å². The van der Waals surface area contributed by atoms with E-state index in [4.69, 9.17) is 49.0 Å². The van der Waals surface area contributed by atoms with E-state index in [1.165, 1.54) is 6.07 Å². The lowest BCUT2D eigenvalue weighted by molar-refractivity contribution is -0.192. The van der Waals surface area contributed by atoms with Crippen LogP contribution >= 0.6 is 23.2 Å². The smallest absolute Gasteiger partial charge is 0.486 e. The first-order valence-corrected chi connectivity index (χ1v) is 8.50. The van der Waals surface area contributed by atoms with Crippen molar-refractivity contribution in [3.05, 3.63) is 63.1 Å². The first-order chi connectivity index (χ1) is 13.8. The van der Waals surface area contributed by atoms with Crippen LogP contribution in [0.15, 0.2) is 30.3 Å². The predicted octanol–water partition coefficient (Wildman–Crippen LogP) is 4.47. The highest BCUT2D eigenvalue weighted by Gasteiger charge is 2.38. The SMILES string of the molecule is N=C(N)NCc1c(F)ccc(OCc2cccc(Cl)c2Cl)c1F.O=C(O)C(F)(F)F. The van der Waals surface area contributed by atoms with Crippen molar-refractivity contribution < 1.29 is 36.6 Å². The minimum atomic E-state index is -5.08. The van der Waals surface area contributed by atoms with Gasteiger partial charge in [-0.3, -0.25) is 5.41 Å². The minimum absolute atomic E-state index is 0.0263. The quantitative estimate of drug-likeness (QED) is 0.291. The molecule has 0 saturated carbocycles. The van der Waals surface area contributed by atoms with Gasteiger partial charge in [0.05, 0.1) is 10.0 Å². The molecule has 0 aromatic heterocycles. The summed E-state index contributed by atoms with van der Waals surface area (Å²) in [4.78, 5) is 8.90. The number of ether oxygens (including phenoxy) is 1. The van der Waals surface area contributed by atoms with Gasteiger partial charge in [-0.05, 0) is 18.2 Å². The molecule has 30 heavy (non-hydrogen) atoms. The molecule has 0 unspecified atom stereocenters. The lowest BCUT2D eigenvalue weighted by Crippen LogP contribution is -2.30. The van der Waals surface area contributed by atoms with Crippen molar-refractivity contribution in [3.63, 3.8) is 0 Å². The van der Waals surface area contributed by atoms with E-state index >= 15 is 0 Å². The maximum Gasteiger partial charge on any atom is 0.490 e. The summed E-state index contributed by atoms with van der Waals surface area (Å²) in [5.41, 5.74) is 5.42. The van der Waals surface area contributed by atoms with Gasteiger partial charge in [0.1, 0.15) is 12.4 Å². The molecule has 0 aliphatic carbocycles. The number of hydrogen-bond donors (Lipinski definition) is 4. The van der Waals surface area contributed by atoms with E-state index in [-0.39, 0.29) is 30.4 Å². The molecule has 13 heteroatoms. The number of nitrogens with two attached hydrogens (primary N) is 1. The van der Waals surface area contributed by atoms with Crippen LogP contribution in [0.3, 0.4) is 0 Å². The van der Waals surface area contributed by atoms with Crippen molar-refractivity contribution in [2.24, 2.45) is 5.73 Å². The number of hydrogen-bond acceptors (Lipinski definition) is 3. The second-order valence-electron chi connectivity index (χ2n) is 5.41. The molecule has 0 fully saturated rings. The lowest BCUT2D eigenvalue weighted by atomic mass is 10.1.